The van der Waals surface area contributed by atoms with E-state index in [1.54, 1.807) is 24.3 Å². The van der Waals surface area contributed by atoms with E-state index in [9.17, 15) is 14.4 Å². The van der Waals surface area contributed by atoms with Gasteiger partial charge in [-0.05, 0) is 32.0 Å². The van der Waals surface area contributed by atoms with E-state index in [1.807, 2.05) is 0 Å². The molecule has 0 aliphatic carbocycles. The number of ether oxygens (including phenoxy) is 1. The van der Waals surface area contributed by atoms with Crippen LogP contribution in [0.2, 0.25) is 0 Å². The fourth-order valence-corrected chi connectivity index (χ4v) is 3.96. The van der Waals surface area contributed by atoms with Crippen LogP contribution in [-0.2, 0) is 9.53 Å². The molecule has 1 aromatic carbocycles. The van der Waals surface area contributed by atoms with Gasteiger partial charge in [-0.15, -0.1) is 0 Å². The standard InChI is InChI=1S/C19H21N3O4/c23-16-14-4-2-1-3-13(14)15(11-22-16)17(24)21-10-12-9-19(18(25)26-12)5-7-20-8-6-19/h1-4,11-12,20H,5-10H2,(H,21,24)(H,22,23). The number of esters is 1. The number of nitrogens with one attached hydrogen (secondary N) is 3. The summed E-state index contributed by atoms with van der Waals surface area (Å²) >= 11 is 0. The molecule has 3 N–H and O–H groups in total. The van der Waals surface area contributed by atoms with Crippen molar-refractivity contribution in [2.45, 2.75) is 25.4 Å². The molecular weight excluding hydrogens is 334 g/mol. The van der Waals surface area contributed by atoms with E-state index < -0.39 is 5.41 Å². The van der Waals surface area contributed by atoms with E-state index in [-0.39, 0.29) is 30.1 Å². The highest BCUT2D eigenvalue weighted by Crippen LogP contribution is 2.41. The number of carbonyl (C=O) groups excluding carboxylic acids is 2. The smallest absolute Gasteiger partial charge is 0.312 e. The van der Waals surface area contributed by atoms with E-state index in [4.69, 9.17) is 4.74 Å². The Labute approximate surface area is 150 Å². The van der Waals surface area contributed by atoms with Crippen molar-refractivity contribution >= 4 is 22.6 Å². The number of hydrogen-bond acceptors (Lipinski definition) is 5. The largest absolute Gasteiger partial charge is 0.460 e. The Balaban J connectivity index is 1.46. The number of benzene rings is 1. The number of rotatable bonds is 3. The normalized spacial score (nSPS) is 21.7. The van der Waals surface area contributed by atoms with Crippen molar-refractivity contribution in [3.05, 3.63) is 46.4 Å². The molecule has 0 radical (unpaired) electrons. The molecule has 1 atom stereocenters. The first-order valence-corrected chi connectivity index (χ1v) is 8.89. The summed E-state index contributed by atoms with van der Waals surface area (Å²) < 4.78 is 5.51. The Hall–Kier alpha value is -2.67. The van der Waals surface area contributed by atoms with Crippen molar-refractivity contribution in [1.29, 1.82) is 0 Å². The molecule has 3 heterocycles. The zero-order valence-corrected chi connectivity index (χ0v) is 14.3. The number of aromatic amines is 1. The highest BCUT2D eigenvalue weighted by Gasteiger charge is 2.49. The fourth-order valence-electron chi connectivity index (χ4n) is 3.96. The number of carbonyl (C=O) groups is 2. The first kappa shape index (κ1) is 16.8. The highest BCUT2D eigenvalue weighted by molar-refractivity contribution is 6.06. The summed E-state index contributed by atoms with van der Waals surface area (Å²) in [5.41, 5.74) is -0.221. The number of pyridine rings is 1. The molecule has 1 aromatic heterocycles. The molecule has 2 aliphatic heterocycles. The summed E-state index contributed by atoms with van der Waals surface area (Å²) in [6, 6.07) is 6.98. The zero-order valence-electron chi connectivity index (χ0n) is 14.3. The predicted octanol–water partition coefficient (Wildman–Crippen LogP) is 0.943. The summed E-state index contributed by atoms with van der Waals surface area (Å²) in [6.07, 6.45) is 3.31. The van der Waals surface area contributed by atoms with Gasteiger partial charge in [0.25, 0.3) is 11.5 Å². The molecule has 0 bridgehead atoms. The van der Waals surface area contributed by atoms with Gasteiger partial charge in [0.1, 0.15) is 6.10 Å². The van der Waals surface area contributed by atoms with Crippen LogP contribution in [0.4, 0.5) is 0 Å². The van der Waals surface area contributed by atoms with E-state index in [0.29, 0.717) is 22.8 Å². The number of aromatic nitrogens is 1. The second-order valence-corrected chi connectivity index (χ2v) is 7.05. The number of amides is 1. The van der Waals surface area contributed by atoms with Crippen LogP contribution >= 0.6 is 0 Å². The van der Waals surface area contributed by atoms with E-state index in [2.05, 4.69) is 15.6 Å². The van der Waals surface area contributed by atoms with Crippen LogP contribution < -0.4 is 16.2 Å². The molecule has 7 heteroatoms. The molecule has 4 rings (SSSR count). The van der Waals surface area contributed by atoms with Gasteiger partial charge in [0.2, 0.25) is 0 Å². The fraction of sp³-hybridized carbons (Fsp3) is 0.421. The minimum Gasteiger partial charge on any atom is -0.460 e. The molecule has 7 nitrogen and oxygen atoms in total. The topological polar surface area (TPSA) is 100 Å². The molecule has 2 aromatic rings. The van der Waals surface area contributed by atoms with Gasteiger partial charge in [-0.25, -0.2) is 0 Å². The van der Waals surface area contributed by atoms with Crippen LogP contribution in [0.1, 0.15) is 29.6 Å². The van der Waals surface area contributed by atoms with Gasteiger partial charge in [-0.3, -0.25) is 14.4 Å². The lowest BCUT2D eigenvalue weighted by atomic mass is 9.76. The van der Waals surface area contributed by atoms with Gasteiger partial charge >= 0.3 is 5.97 Å². The molecule has 136 valence electrons. The quantitative estimate of drug-likeness (QED) is 0.712. The average molecular weight is 355 g/mol. The Kier molecular flexibility index (Phi) is 4.24. The second kappa shape index (κ2) is 6.57. The van der Waals surface area contributed by atoms with Crippen LogP contribution in [0.25, 0.3) is 10.8 Å². The van der Waals surface area contributed by atoms with Crippen LogP contribution in [0, 0.1) is 5.41 Å². The highest BCUT2D eigenvalue weighted by atomic mass is 16.6. The molecule has 2 aliphatic rings. The van der Waals surface area contributed by atoms with Crippen molar-refractivity contribution < 1.29 is 14.3 Å². The Morgan fingerprint density at radius 1 is 1.19 bits per heavy atom. The van der Waals surface area contributed by atoms with Crippen LogP contribution in [0.15, 0.2) is 35.3 Å². The molecule has 1 spiro atoms. The maximum atomic E-state index is 12.6. The van der Waals surface area contributed by atoms with Crippen molar-refractivity contribution in [3.8, 4) is 0 Å². The van der Waals surface area contributed by atoms with E-state index >= 15 is 0 Å². The maximum absolute atomic E-state index is 12.6. The number of piperidine rings is 1. The summed E-state index contributed by atoms with van der Waals surface area (Å²) in [4.78, 5) is 39.4. The van der Waals surface area contributed by atoms with Gasteiger partial charge in [-0.2, -0.15) is 0 Å². The Morgan fingerprint density at radius 2 is 1.92 bits per heavy atom. The molecular formula is C19H21N3O4. The molecule has 1 unspecified atom stereocenters. The lowest BCUT2D eigenvalue weighted by Gasteiger charge is -2.29. The third-order valence-corrected chi connectivity index (χ3v) is 5.43. The lowest BCUT2D eigenvalue weighted by Crippen LogP contribution is -2.39. The van der Waals surface area contributed by atoms with Crippen LogP contribution in [0.5, 0.6) is 0 Å². The van der Waals surface area contributed by atoms with Crippen LogP contribution in [-0.4, -0.2) is 42.6 Å². The third kappa shape index (κ3) is 2.88. The Morgan fingerprint density at radius 3 is 2.69 bits per heavy atom. The van der Waals surface area contributed by atoms with Gasteiger partial charge < -0.3 is 20.4 Å². The summed E-state index contributed by atoms with van der Waals surface area (Å²) in [7, 11) is 0. The second-order valence-electron chi connectivity index (χ2n) is 7.05. The molecule has 1 amide bonds. The third-order valence-electron chi connectivity index (χ3n) is 5.43. The van der Waals surface area contributed by atoms with Crippen molar-refractivity contribution in [3.63, 3.8) is 0 Å². The van der Waals surface area contributed by atoms with Gasteiger partial charge in [0.05, 0.1) is 17.5 Å². The number of hydrogen-bond donors (Lipinski definition) is 3. The zero-order chi connectivity index (χ0) is 18.1. The number of fused-ring (bicyclic) bond motifs is 1. The van der Waals surface area contributed by atoms with E-state index in [1.165, 1.54) is 6.20 Å². The van der Waals surface area contributed by atoms with Gasteiger partial charge in [0.15, 0.2) is 0 Å². The van der Waals surface area contributed by atoms with Gasteiger partial charge in [-0.1, -0.05) is 18.2 Å². The molecule has 0 saturated carbocycles. The van der Waals surface area contributed by atoms with Crippen molar-refractivity contribution in [2.24, 2.45) is 5.41 Å². The first-order valence-electron chi connectivity index (χ1n) is 8.89. The van der Waals surface area contributed by atoms with Gasteiger partial charge in [0, 0.05) is 23.4 Å². The predicted molar refractivity (Wildman–Crippen MR) is 95.9 cm³/mol. The summed E-state index contributed by atoms with van der Waals surface area (Å²) in [6.45, 7) is 1.91. The number of H-pyrrole nitrogens is 1. The monoisotopic (exact) mass is 355 g/mol. The lowest BCUT2D eigenvalue weighted by molar-refractivity contribution is -0.149. The SMILES string of the molecule is O=C(NCC1CC2(CCNCC2)C(=O)O1)c1c[nH]c(=O)c2ccccc12. The number of cyclic esters (lactones) is 1. The maximum Gasteiger partial charge on any atom is 0.312 e. The Bertz CT molecular complexity index is 914. The van der Waals surface area contributed by atoms with Crippen LogP contribution in [0.3, 0.4) is 0 Å². The van der Waals surface area contributed by atoms with Crippen molar-refractivity contribution in [2.75, 3.05) is 19.6 Å². The average Bonchev–Trinajstić information content (AvgIpc) is 2.96. The summed E-state index contributed by atoms with van der Waals surface area (Å²) in [5, 5.41) is 7.18. The minimum atomic E-state index is -0.397. The first-order chi connectivity index (χ1) is 12.6. The van der Waals surface area contributed by atoms with E-state index in [0.717, 1.165) is 25.9 Å². The molecule has 2 saturated heterocycles. The minimum absolute atomic E-state index is 0.146. The molecule has 2 fully saturated rings. The molecule has 26 heavy (non-hydrogen) atoms. The van der Waals surface area contributed by atoms with Crippen molar-refractivity contribution in [1.82, 2.24) is 15.6 Å². The summed E-state index contributed by atoms with van der Waals surface area (Å²) in [5.74, 6) is -0.438.